The third kappa shape index (κ3) is 4.46. The van der Waals surface area contributed by atoms with Gasteiger partial charge in [-0.05, 0) is 55.6 Å². The summed E-state index contributed by atoms with van der Waals surface area (Å²) < 4.78 is 19.7. The van der Waals surface area contributed by atoms with Gasteiger partial charge >= 0.3 is 0 Å². The first-order valence-corrected chi connectivity index (χ1v) is 8.30. The molecule has 0 bridgehead atoms. The van der Waals surface area contributed by atoms with Crippen LogP contribution in [0.4, 0.5) is 4.39 Å². The molecule has 2 rings (SSSR count). The van der Waals surface area contributed by atoms with E-state index < -0.39 is 0 Å². The number of ether oxygens (including phenoxy) is 1. The highest BCUT2D eigenvalue weighted by molar-refractivity contribution is 6.31. The van der Waals surface area contributed by atoms with Crippen molar-refractivity contribution in [3.63, 3.8) is 0 Å². The van der Waals surface area contributed by atoms with E-state index >= 15 is 0 Å². The molecule has 2 nitrogen and oxygen atoms in total. The quantitative estimate of drug-likeness (QED) is 0.784. The molecule has 1 unspecified atom stereocenters. The molecule has 2 N–H and O–H groups in total. The van der Waals surface area contributed by atoms with Crippen molar-refractivity contribution >= 4 is 11.6 Å². The Labute approximate surface area is 142 Å². The predicted molar refractivity (Wildman–Crippen MR) is 93.9 cm³/mol. The summed E-state index contributed by atoms with van der Waals surface area (Å²) in [5, 5.41) is 0.447. The molecule has 0 aliphatic carbocycles. The summed E-state index contributed by atoms with van der Waals surface area (Å²) in [7, 11) is 0. The van der Waals surface area contributed by atoms with Crippen LogP contribution in [-0.4, -0.2) is 13.2 Å². The Balaban J connectivity index is 2.22. The molecule has 124 valence electrons. The largest absolute Gasteiger partial charge is 0.493 e. The van der Waals surface area contributed by atoms with Crippen LogP contribution in [0.3, 0.4) is 0 Å². The van der Waals surface area contributed by atoms with Gasteiger partial charge in [0.05, 0.1) is 6.61 Å². The molecule has 2 aromatic rings. The van der Waals surface area contributed by atoms with Crippen LogP contribution in [0.15, 0.2) is 36.4 Å². The lowest BCUT2D eigenvalue weighted by molar-refractivity contribution is 0.315. The van der Waals surface area contributed by atoms with Crippen LogP contribution in [0.5, 0.6) is 5.75 Å². The molecule has 1 atom stereocenters. The zero-order valence-electron chi connectivity index (χ0n) is 13.6. The average Bonchev–Trinajstić information content (AvgIpc) is 2.53. The molecule has 0 spiro atoms. The van der Waals surface area contributed by atoms with Gasteiger partial charge in [0, 0.05) is 16.5 Å². The molecule has 0 fully saturated rings. The zero-order valence-corrected chi connectivity index (χ0v) is 14.4. The second-order valence-corrected chi connectivity index (χ2v) is 6.12. The Kier molecular flexibility index (Phi) is 6.43. The first kappa shape index (κ1) is 17.8. The number of halogens is 2. The van der Waals surface area contributed by atoms with Crippen molar-refractivity contribution in [2.75, 3.05) is 13.2 Å². The number of rotatable bonds is 7. The van der Waals surface area contributed by atoms with Crippen LogP contribution in [0.25, 0.3) is 0 Å². The van der Waals surface area contributed by atoms with Crippen molar-refractivity contribution in [1.82, 2.24) is 0 Å². The number of hydrogen-bond acceptors (Lipinski definition) is 2. The zero-order chi connectivity index (χ0) is 16.8. The number of hydrogen-bond donors (Lipinski definition) is 1. The molecule has 0 amide bonds. The smallest absolute Gasteiger partial charge is 0.127 e. The summed E-state index contributed by atoms with van der Waals surface area (Å²) in [6, 6.07) is 10.8. The Hall–Kier alpha value is -1.58. The molecule has 0 aliphatic rings. The molecule has 4 heteroatoms. The summed E-state index contributed by atoms with van der Waals surface area (Å²) in [5.74, 6) is 0.620. The molecule has 0 saturated carbocycles. The maximum atomic E-state index is 14.0. The monoisotopic (exact) mass is 335 g/mol. The van der Waals surface area contributed by atoms with Gasteiger partial charge < -0.3 is 10.5 Å². The van der Waals surface area contributed by atoms with Crippen LogP contribution in [0.1, 0.15) is 36.0 Å². The van der Waals surface area contributed by atoms with Gasteiger partial charge in [0.15, 0.2) is 0 Å². The fourth-order valence-electron chi connectivity index (χ4n) is 2.61. The van der Waals surface area contributed by atoms with Gasteiger partial charge in [-0.1, -0.05) is 36.7 Å². The molecule has 0 heterocycles. The maximum Gasteiger partial charge on any atom is 0.127 e. The minimum absolute atomic E-state index is 0.0170. The van der Waals surface area contributed by atoms with Crippen LogP contribution < -0.4 is 10.5 Å². The second kappa shape index (κ2) is 8.32. The Morgan fingerprint density at radius 2 is 2.04 bits per heavy atom. The van der Waals surface area contributed by atoms with Crippen molar-refractivity contribution < 1.29 is 9.13 Å². The van der Waals surface area contributed by atoms with Crippen LogP contribution in [-0.2, 0) is 6.42 Å². The van der Waals surface area contributed by atoms with Gasteiger partial charge in [-0.2, -0.15) is 0 Å². The van der Waals surface area contributed by atoms with E-state index in [2.05, 4.69) is 13.0 Å². The second-order valence-electron chi connectivity index (χ2n) is 5.71. The van der Waals surface area contributed by atoms with Crippen molar-refractivity contribution in [1.29, 1.82) is 0 Å². The van der Waals surface area contributed by atoms with E-state index in [-0.39, 0.29) is 11.7 Å². The van der Waals surface area contributed by atoms with Crippen molar-refractivity contribution in [3.05, 3.63) is 63.9 Å². The highest BCUT2D eigenvalue weighted by Gasteiger charge is 2.16. The Bertz CT molecular complexity index is 640. The van der Waals surface area contributed by atoms with Crippen LogP contribution in [0, 0.1) is 12.7 Å². The molecule has 0 aliphatic heterocycles. The van der Waals surface area contributed by atoms with Gasteiger partial charge in [0.2, 0.25) is 0 Å². The van der Waals surface area contributed by atoms with E-state index in [1.807, 2.05) is 19.1 Å². The number of benzene rings is 2. The summed E-state index contributed by atoms with van der Waals surface area (Å²) in [4.78, 5) is 0. The third-order valence-corrected chi connectivity index (χ3v) is 4.28. The summed E-state index contributed by atoms with van der Waals surface area (Å²) >= 11 is 6.13. The van der Waals surface area contributed by atoms with E-state index in [4.69, 9.17) is 22.1 Å². The molecule has 23 heavy (non-hydrogen) atoms. The molecule has 2 aromatic carbocycles. The van der Waals surface area contributed by atoms with Gasteiger partial charge in [-0.3, -0.25) is 0 Å². The fraction of sp³-hybridized carbons (Fsp3) is 0.368. The minimum atomic E-state index is -0.282. The topological polar surface area (TPSA) is 35.2 Å². The van der Waals surface area contributed by atoms with Gasteiger partial charge in [-0.15, -0.1) is 0 Å². The van der Waals surface area contributed by atoms with Crippen LogP contribution in [0.2, 0.25) is 5.02 Å². The average molecular weight is 336 g/mol. The maximum absolute atomic E-state index is 14.0. The van der Waals surface area contributed by atoms with Crippen LogP contribution >= 0.6 is 11.6 Å². The fourth-order valence-corrected chi connectivity index (χ4v) is 2.85. The minimum Gasteiger partial charge on any atom is -0.493 e. The lowest BCUT2D eigenvalue weighted by Gasteiger charge is -2.18. The predicted octanol–water partition coefficient (Wildman–Crippen LogP) is 4.86. The number of aryl methyl sites for hydroxylation is 1. The van der Waals surface area contributed by atoms with E-state index in [1.165, 1.54) is 6.07 Å². The highest BCUT2D eigenvalue weighted by Crippen LogP contribution is 2.29. The summed E-state index contributed by atoms with van der Waals surface area (Å²) in [5.41, 5.74) is 8.59. The first-order chi connectivity index (χ1) is 11.1. The highest BCUT2D eigenvalue weighted by atomic mass is 35.5. The van der Waals surface area contributed by atoms with Crippen molar-refractivity contribution in [2.24, 2.45) is 5.73 Å². The summed E-state index contributed by atoms with van der Waals surface area (Å²) in [6.07, 6.45) is 1.45. The lowest BCUT2D eigenvalue weighted by Crippen LogP contribution is -2.16. The van der Waals surface area contributed by atoms with Gasteiger partial charge in [0.1, 0.15) is 11.6 Å². The SMILES string of the molecule is CCCOc1ccc(C(CN)Cc2c(F)cccc2Cl)cc1C. The molecule has 0 aromatic heterocycles. The van der Waals surface area contributed by atoms with Gasteiger partial charge in [0.25, 0.3) is 0 Å². The lowest BCUT2D eigenvalue weighted by atomic mass is 9.90. The van der Waals surface area contributed by atoms with E-state index in [9.17, 15) is 4.39 Å². The Morgan fingerprint density at radius 1 is 1.26 bits per heavy atom. The van der Waals surface area contributed by atoms with Crippen molar-refractivity contribution in [2.45, 2.75) is 32.6 Å². The molecule has 0 saturated heterocycles. The van der Waals surface area contributed by atoms with E-state index in [1.54, 1.807) is 12.1 Å². The standard InChI is InChI=1S/C19H23ClFNO/c1-3-9-23-19-8-7-14(10-13(19)2)15(12-22)11-16-17(20)5-4-6-18(16)21/h4-8,10,15H,3,9,11-12,22H2,1-2H3. The van der Waals surface area contributed by atoms with E-state index in [0.717, 1.165) is 23.3 Å². The first-order valence-electron chi connectivity index (χ1n) is 7.93. The molecular weight excluding hydrogens is 313 g/mol. The van der Waals surface area contributed by atoms with Crippen molar-refractivity contribution in [3.8, 4) is 5.75 Å². The molecule has 0 radical (unpaired) electrons. The number of nitrogens with two attached hydrogens (primary N) is 1. The molecular formula is C19H23ClFNO. The van der Waals surface area contributed by atoms with E-state index in [0.29, 0.717) is 30.2 Å². The third-order valence-electron chi connectivity index (χ3n) is 3.93. The summed E-state index contributed by atoms with van der Waals surface area (Å²) in [6.45, 7) is 5.22. The normalized spacial score (nSPS) is 12.2. The Morgan fingerprint density at radius 3 is 2.65 bits per heavy atom. The van der Waals surface area contributed by atoms with Gasteiger partial charge in [-0.25, -0.2) is 4.39 Å².